The minimum absolute atomic E-state index is 0.103. The van der Waals surface area contributed by atoms with Crippen molar-refractivity contribution in [2.24, 2.45) is 0 Å². The van der Waals surface area contributed by atoms with Gasteiger partial charge in [-0.25, -0.2) is 0 Å². The molecule has 4 heteroatoms. The third kappa shape index (κ3) is 2.74. The van der Waals surface area contributed by atoms with Gasteiger partial charge in [-0.3, -0.25) is 0 Å². The molecule has 0 bridgehead atoms. The van der Waals surface area contributed by atoms with Gasteiger partial charge >= 0.3 is 0 Å². The Bertz CT molecular complexity index is 371. The molecule has 0 fully saturated rings. The van der Waals surface area contributed by atoms with Crippen LogP contribution in [0.3, 0.4) is 0 Å². The normalized spacial score (nSPS) is 14.5. The van der Waals surface area contributed by atoms with Gasteiger partial charge in [-0.15, -0.1) is 0 Å². The molecule has 88 valence electrons. The minimum Gasteiger partial charge on any atom is -0.472 e. The average molecular weight is 237 g/mol. The topological polar surface area (TPSA) is 46.2 Å². The van der Waals surface area contributed by atoms with Crippen LogP contribution in [0.1, 0.15) is 32.4 Å². The number of hydrogen-bond donors (Lipinski definition) is 0. The van der Waals surface area contributed by atoms with Crippen molar-refractivity contribution in [3.63, 3.8) is 0 Å². The first kappa shape index (κ1) is 13.0. The molecule has 1 unspecified atom stereocenters. The van der Waals surface area contributed by atoms with Crippen LogP contribution < -0.4 is 0 Å². The molecule has 0 saturated carbocycles. The summed E-state index contributed by atoms with van der Waals surface area (Å²) >= 11 is 0. The van der Waals surface area contributed by atoms with E-state index in [9.17, 15) is 0 Å². The van der Waals surface area contributed by atoms with Crippen molar-refractivity contribution in [1.29, 1.82) is 5.26 Å². The molecule has 0 spiro atoms. The Labute approximate surface area is 98.2 Å². The molecular formula is C12H19NO2Si. The maximum atomic E-state index is 9.13. The molecule has 0 aliphatic carbocycles. The lowest BCUT2D eigenvalue weighted by atomic mass is 10.2. The van der Waals surface area contributed by atoms with Gasteiger partial charge in [0, 0.05) is 5.56 Å². The zero-order chi connectivity index (χ0) is 12.4. The number of nitrogens with zero attached hydrogens (tertiary/aromatic N) is 1. The second-order valence-corrected chi connectivity index (χ2v) is 10.2. The Hall–Kier alpha value is -1.05. The summed E-state index contributed by atoms with van der Waals surface area (Å²) < 4.78 is 11.0. The second kappa shape index (κ2) is 4.44. The van der Waals surface area contributed by atoms with E-state index in [1.807, 2.05) is 0 Å². The molecule has 0 aromatic carbocycles. The lowest BCUT2D eigenvalue weighted by Crippen LogP contribution is -2.41. The molecule has 16 heavy (non-hydrogen) atoms. The second-order valence-electron chi connectivity index (χ2n) is 5.44. The highest BCUT2D eigenvalue weighted by Crippen LogP contribution is 2.39. The van der Waals surface area contributed by atoms with Crippen molar-refractivity contribution in [3.05, 3.63) is 24.2 Å². The van der Waals surface area contributed by atoms with E-state index in [2.05, 4.69) is 39.9 Å². The van der Waals surface area contributed by atoms with Gasteiger partial charge in [0.1, 0.15) is 0 Å². The van der Waals surface area contributed by atoms with Crippen LogP contribution in [0.2, 0.25) is 18.1 Å². The summed E-state index contributed by atoms with van der Waals surface area (Å²) in [6.45, 7) is 10.7. The van der Waals surface area contributed by atoms with Crippen molar-refractivity contribution >= 4 is 8.32 Å². The summed E-state index contributed by atoms with van der Waals surface area (Å²) in [6.07, 6.45) is 2.62. The van der Waals surface area contributed by atoms with Crippen LogP contribution in [0, 0.1) is 11.3 Å². The highest BCUT2D eigenvalue weighted by atomic mass is 28.4. The summed E-state index contributed by atoms with van der Waals surface area (Å²) in [7, 11) is -1.91. The van der Waals surface area contributed by atoms with E-state index < -0.39 is 14.4 Å². The molecule has 0 N–H and O–H groups in total. The fourth-order valence-corrected chi connectivity index (χ4v) is 2.20. The number of furan rings is 1. The zero-order valence-corrected chi connectivity index (χ0v) is 11.6. The van der Waals surface area contributed by atoms with Gasteiger partial charge in [0.15, 0.2) is 14.4 Å². The smallest absolute Gasteiger partial charge is 0.194 e. The first-order valence-electron chi connectivity index (χ1n) is 5.37. The fourth-order valence-electron chi connectivity index (χ4n) is 1.06. The van der Waals surface area contributed by atoms with Gasteiger partial charge in [-0.2, -0.15) is 5.26 Å². The van der Waals surface area contributed by atoms with Crippen LogP contribution >= 0.6 is 0 Å². The summed E-state index contributed by atoms with van der Waals surface area (Å²) in [5, 5.41) is 9.24. The van der Waals surface area contributed by atoms with Gasteiger partial charge < -0.3 is 8.84 Å². The number of hydrogen-bond acceptors (Lipinski definition) is 3. The van der Waals surface area contributed by atoms with Crippen molar-refractivity contribution in [1.82, 2.24) is 0 Å². The van der Waals surface area contributed by atoms with Gasteiger partial charge in [0.2, 0.25) is 0 Å². The largest absolute Gasteiger partial charge is 0.472 e. The summed E-state index contributed by atoms with van der Waals surface area (Å²) in [5.74, 6) is 0. The fraction of sp³-hybridized carbons (Fsp3) is 0.583. The lowest BCUT2D eigenvalue weighted by Gasteiger charge is -2.37. The Balaban J connectivity index is 2.84. The third-order valence-corrected chi connectivity index (χ3v) is 7.62. The van der Waals surface area contributed by atoms with Gasteiger partial charge in [-0.1, -0.05) is 20.8 Å². The van der Waals surface area contributed by atoms with Crippen molar-refractivity contribution in [3.8, 4) is 6.07 Å². The number of nitriles is 1. The summed E-state index contributed by atoms with van der Waals surface area (Å²) in [5.41, 5.74) is 0.798. The first-order valence-corrected chi connectivity index (χ1v) is 8.28. The van der Waals surface area contributed by atoms with Crippen LogP contribution in [-0.4, -0.2) is 8.32 Å². The summed E-state index contributed by atoms with van der Waals surface area (Å²) in [6, 6.07) is 3.96. The highest BCUT2D eigenvalue weighted by Gasteiger charge is 2.39. The molecular weight excluding hydrogens is 218 g/mol. The molecule has 0 saturated heterocycles. The minimum atomic E-state index is -1.91. The van der Waals surface area contributed by atoms with E-state index in [1.54, 1.807) is 18.6 Å². The molecule has 0 aliphatic heterocycles. The molecule has 1 rings (SSSR count). The van der Waals surface area contributed by atoms with Crippen LogP contribution in [-0.2, 0) is 4.43 Å². The molecule has 1 heterocycles. The van der Waals surface area contributed by atoms with E-state index in [1.165, 1.54) is 0 Å². The van der Waals surface area contributed by atoms with Crippen molar-refractivity contribution in [2.75, 3.05) is 0 Å². The Morgan fingerprint density at radius 3 is 2.44 bits per heavy atom. The first-order chi connectivity index (χ1) is 7.28. The van der Waals surface area contributed by atoms with E-state index >= 15 is 0 Å². The molecule has 3 nitrogen and oxygen atoms in total. The van der Waals surface area contributed by atoms with E-state index in [0.29, 0.717) is 0 Å². The molecule has 1 atom stereocenters. The molecule has 1 aromatic heterocycles. The van der Waals surface area contributed by atoms with Gasteiger partial charge in [0.05, 0.1) is 18.6 Å². The Morgan fingerprint density at radius 2 is 2.06 bits per heavy atom. The molecule has 0 amide bonds. The van der Waals surface area contributed by atoms with Gasteiger partial charge in [-0.05, 0) is 24.2 Å². The van der Waals surface area contributed by atoms with Gasteiger partial charge in [0.25, 0.3) is 0 Å². The van der Waals surface area contributed by atoms with E-state index in [0.717, 1.165) is 5.56 Å². The summed E-state index contributed by atoms with van der Waals surface area (Å²) in [4.78, 5) is 0. The maximum Gasteiger partial charge on any atom is 0.194 e. The molecule has 0 radical (unpaired) electrons. The Kier molecular flexibility index (Phi) is 3.61. The highest BCUT2D eigenvalue weighted by molar-refractivity contribution is 6.74. The van der Waals surface area contributed by atoms with Crippen LogP contribution in [0.4, 0.5) is 0 Å². The standard InChI is InChI=1S/C12H19NO2Si/c1-12(2,3)16(4,5)15-11(8-13)10-6-7-14-9-10/h6-7,9,11H,1-5H3. The van der Waals surface area contributed by atoms with Crippen LogP contribution in [0.15, 0.2) is 23.0 Å². The predicted molar refractivity (Wildman–Crippen MR) is 65.3 cm³/mol. The Morgan fingerprint density at radius 1 is 1.44 bits per heavy atom. The molecule has 1 aromatic rings. The maximum absolute atomic E-state index is 9.13. The van der Waals surface area contributed by atoms with Crippen molar-refractivity contribution in [2.45, 2.75) is 45.0 Å². The third-order valence-electron chi connectivity index (χ3n) is 3.18. The van der Waals surface area contributed by atoms with Crippen molar-refractivity contribution < 1.29 is 8.84 Å². The lowest BCUT2D eigenvalue weighted by molar-refractivity contribution is 0.235. The SMILES string of the molecule is CC(C)(C)[Si](C)(C)OC(C#N)c1ccoc1. The van der Waals surface area contributed by atoms with Crippen LogP contribution in [0.25, 0.3) is 0 Å². The predicted octanol–water partition coefficient (Wildman–Crippen LogP) is 3.87. The quantitative estimate of drug-likeness (QED) is 0.750. The average Bonchev–Trinajstić information content (AvgIpc) is 2.65. The monoisotopic (exact) mass is 237 g/mol. The number of rotatable bonds is 3. The molecule has 0 aliphatic rings. The zero-order valence-electron chi connectivity index (χ0n) is 10.6. The van der Waals surface area contributed by atoms with Crippen LogP contribution in [0.5, 0.6) is 0 Å². The van der Waals surface area contributed by atoms with E-state index in [4.69, 9.17) is 14.1 Å². The van der Waals surface area contributed by atoms with E-state index in [-0.39, 0.29) is 5.04 Å².